The quantitative estimate of drug-likeness (QED) is 0.470. The van der Waals surface area contributed by atoms with Crippen molar-refractivity contribution in [1.29, 1.82) is 0 Å². The molecule has 32 heavy (non-hydrogen) atoms. The first kappa shape index (κ1) is 25.5. The third-order valence-electron chi connectivity index (χ3n) is 4.17. The van der Waals surface area contributed by atoms with E-state index in [0.717, 1.165) is 17.7 Å². The van der Waals surface area contributed by atoms with Crippen LogP contribution in [-0.4, -0.2) is 24.4 Å². The second kappa shape index (κ2) is 11.2. The fourth-order valence-corrected chi connectivity index (χ4v) is 2.83. The number of esters is 1. The Morgan fingerprint density at radius 2 is 1.66 bits per heavy atom. The van der Waals surface area contributed by atoms with Crippen LogP contribution < -0.4 is 10.6 Å². The number of hydrogen-bond acceptors (Lipinski definition) is 4. The molecule has 0 spiro atoms. The molecule has 0 aliphatic heterocycles. The number of hydrogen-bond donors (Lipinski definition) is 2. The van der Waals surface area contributed by atoms with Crippen molar-refractivity contribution in [2.24, 2.45) is 0 Å². The largest absolute Gasteiger partial charge is 0.456 e. The van der Waals surface area contributed by atoms with E-state index >= 15 is 0 Å². The van der Waals surface area contributed by atoms with Crippen molar-refractivity contribution in [2.75, 3.05) is 17.2 Å². The van der Waals surface area contributed by atoms with Crippen molar-refractivity contribution in [3.8, 4) is 0 Å². The molecule has 0 aromatic heterocycles. The highest BCUT2D eigenvalue weighted by Crippen LogP contribution is 2.33. The number of halogens is 5. The van der Waals surface area contributed by atoms with Gasteiger partial charge in [0.15, 0.2) is 6.61 Å². The Balaban J connectivity index is 1.73. The molecule has 2 N–H and O–H groups in total. The number of rotatable bonds is 8. The van der Waals surface area contributed by atoms with Gasteiger partial charge in [-0.3, -0.25) is 14.4 Å². The molecule has 0 heterocycles. The molecule has 0 saturated carbocycles. The Morgan fingerprint density at radius 1 is 0.938 bits per heavy atom. The van der Waals surface area contributed by atoms with Crippen molar-refractivity contribution in [2.45, 2.75) is 32.4 Å². The monoisotopic (exact) mass is 490 g/mol. The molecular weight excluding hydrogens is 472 g/mol. The molecule has 2 amide bonds. The molecule has 0 bridgehead atoms. The third-order valence-corrected chi connectivity index (χ3v) is 4.91. The molecule has 0 radical (unpaired) electrons. The third kappa shape index (κ3) is 8.05. The zero-order valence-electron chi connectivity index (χ0n) is 16.8. The highest BCUT2D eigenvalue weighted by Gasteiger charge is 2.31. The Morgan fingerprint density at radius 3 is 2.31 bits per heavy atom. The van der Waals surface area contributed by atoms with E-state index in [2.05, 4.69) is 10.6 Å². The van der Waals surface area contributed by atoms with Crippen molar-refractivity contribution in [1.82, 2.24) is 0 Å². The predicted octanol–water partition coefficient (Wildman–Crippen LogP) is 5.61. The highest BCUT2D eigenvalue weighted by molar-refractivity contribution is 6.33. The first-order valence-corrected chi connectivity index (χ1v) is 10.1. The maximum absolute atomic E-state index is 12.8. The van der Waals surface area contributed by atoms with Crippen LogP contribution in [0.5, 0.6) is 0 Å². The lowest BCUT2D eigenvalue weighted by Crippen LogP contribution is -2.21. The summed E-state index contributed by atoms with van der Waals surface area (Å²) in [6.45, 7) is 1.12. The van der Waals surface area contributed by atoms with Gasteiger partial charge in [0.25, 0.3) is 5.91 Å². The summed E-state index contributed by atoms with van der Waals surface area (Å²) >= 11 is 11.8. The van der Waals surface area contributed by atoms with Gasteiger partial charge >= 0.3 is 12.1 Å². The van der Waals surface area contributed by atoms with Crippen LogP contribution in [0.4, 0.5) is 24.5 Å². The number of carbonyl (C=O) groups is 3. The molecule has 2 rings (SSSR count). The topological polar surface area (TPSA) is 84.5 Å². The van der Waals surface area contributed by atoms with Gasteiger partial charge in [-0.05, 0) is 49.2 Å². The van der Waals surface area contributed by atoms with Crippen molar-refractivity contribution < 1.29 is 32.3 Å². The summed E-state index contributed by atoms with van der Waals surface area (Å²) in [6.07, 6.45) is -4.52. The zero-order valence-corrected chi connectivity index (χ0v) is 18.3. The number of benzene rings is 2. The van der Waals surface area contributed by atoms with Crippen LogP contribution in [0.3, 0.4) is 0 Å². The Bertz CT molecular complexity index is 1010. The van der Waals surface area contributed by atoms with Crippen LogP contribution in [0.2, 0.25) is 10.0 Å². The van der Waals surface area contributed by atoms with E-state index in [1.54, 1.807) is 18.2 Å². The highest BCUT2D eigenvalue weighted by atomic mass is 35.5. The smallest absolute Gasteiger partial charge is 0.416 e. The Hall–Kier alpha value is -2.78. The van der Waals surface area contributed by atoms with Gasteiger partial charge in [-0.15, -0.1) is 0 Å². The Kier molecular flexibility index (Phi) is 8.91. The Labute approximate surface area is 192 Å². The van der Waals surface area contributed by atoms with Gasteiger partial charge in [-0.1, -0.05) is 29.3 Å². The molecule has 172 valence electrons. The fourth-order valence-electron chi connectivity index (χ4n) is 2.49. The maximum atomic E-state index is 12.8. The van der Waals surface area contributed by atoms with E-state index in [1.807, 2.05) is 6.92 Å². The van der Waals surface area contributed by atoms with Gasteiger partial charge in [0.05, 0.1) is 16.3 Å². The predicted molar refractivity (Wildman–Crippen MR) is 115 cm³/mol. The first-order chi connectivity index (χ1) is 15.0. The summed E-state index contributed by atoms with van der Waals surface area (Å²) in [7, 11) is 0. The SMILES string of the molecule is Cc1ccc(NC(=O)CCCC(=O)OCC(=O)Nc2cc(C(F)(F)F)ccc2Cl)cc1Cl. The molecule has 6 nitrogen and oxygen atoms in total. The number of alkyl halides is 3. The van der Waals surface area contributed by atoms with Gasteiger partial charge in [0.1, 0.15) is 0 Å². The molecule has 0 aliphatic rings. The molecule has 0 fully saturated rings. The van der Waals surface area contributed by atoms with Crippen LogP contribution in [0.15, 0.2) is 36.4 Å². The van der Waals surface area contributed by atoms with Gasteiger partial charge in [0, 0.05) is 23.6 Å². The van der Waals surface area contributed by atoms with Crippen LogP contribution in [0.25, 0.3) is 0 Å². The van der Waals surface area contributed by atoms with Crippen LogP contribution in [0, 0.1) is 6.92 Å². The first-order valence-electron chi connectivity index (χ1n) is 9.34. The van der Waals surface area contributed by atoms with Crippen LogP contribution >= 0.6 is 23.2 Å². The second-order valence-electron chi connectivity index (χ2n) is 6.77. The second-order valence-corrected chi connectivity index (χ2v) is 7.58. The minimum absolute atomic E-state index is 0.0344. The van der Waals surface area contributed by atoms with Gasteiger partial charge in [-0.25, -0.2) is 0 Å². The molecule has 2 aromatic rings. The lowest BCUT2D eigenvalue weighted by atomic mass is 10.2. The summed E-state index contributed by atoms with van der Waals surface area (Å²) in [6, 6.07) is 7.53. The van der Waals surface area contributed by atoms with E-state index in [0.29, 0.717) is 16.8 Å². The molecule has 2 aromatic carbocycles. The minimum atomic E-state index is -4.60. The van der Waals surface area contributed by atoms with Gasteiger partial charge < -0.3 is 15.4 Å². The average Bonchev–Trinajstić information content (AvgIpc) is 2.70. The minimum Gasteiger partial charge on any atom is -0.456 e. The summed E-state index contributed by atoms with van der Waals surface area (Å²) in [5.41, 5.74) is 0.153. The summed E-state index contributed by atoms with van der Waals surface area (Å²) < 4.78 is 43.1. The molecular formula is C21H19Cl2F3N2O4. The maximum Gasteiger partial charge on any atom is 0.416 e. The summed E-state index contributed by atoms with van der Waals surface area (Å²) in [5.74, 6) is -1.91. The van der Waals surface area contributed by atoms with Crippen molar-refractivity contribution >= 4 is 52.4 Å². The number of carbonyl (C=O) groups excluding carboxylic acids is 3. The lowest BCUT2D eigenvalue weighted by Gasteiger charge is -2.12. The molecule has 0 aliphatic carbocycles. The average molecular weight is 491 g/mol. The van der Waals surface area contributed by atoms with Crippen LogP contribution in [0.1, 0.15) is 30.4 Å². The van der Waals surface area contributed by atoms with Crippen molar-refractivity contribution in [3.63, 3.8) is 0 Å². The molecule has 11 heteroatoms. The van der Waals surface area contributed by atoms with E-state index in [4.69, 9.17) is 27.9 Å². The lowest BCUT2D eigenvalue weighted by molar-refractivity contribution is -0.147. The number of aryl methyl sites for hydroxylation is 1. The number of nitrogens with one attached hydrogen (secondary N) is 2. The number of amides is 2. The summed E-state index contributed by atoms with van der Waals surface area (Å²) in [4.78, 5) is 35.5. The number of anilines is 2. The normalized spacial score (nSPS) is 11.1. The molecule has 0 saturated heterocycles. The molecule has 0 atom stereocenters. The molecule has 0 unspecified atom stereocenters. The van der Waals surface area contributed by atoms with Crippen molar-refractivity contribution in [3.05, 3.63) is 57.6 Å². The van der Waals surface area contributed by atoms with Gasteiger partial charge in [-0.2, -0.15) is 13.2 Å². The zero-order chi connectivity index (χ0) is 23.9. The van der Waals surface area contributed by atoms with E-state index in [9.17, 15) is 27.6 Å². The van der Waals surface area contributed by atoms with E-state index in [1.165, 1.54) is 0 Å². The standard InChI is InChI=1S/C21H19Cl2F3N2O4/c1-12-5-7-14(10-16(12)23)27-18(29)3-2-4-20(31)32-11-19(30)28-17-9-13(21(24,25)26)6-8-15(17)22/h5-10H,2-4,11H2,1H3,(H,27,29)(H,28,30). The van der Waals surface area contributed by atoms with E-state index < -0.39 is 30.2 Å². The fraction of sp³-hybridized carbons (Fsp3) is 0.286. The van der Waals surface area contributed by atoms with E-state index in [-0.39, 0.29) is 35.9 Å². The van der Waals surface area contributed by atoms with Gasteiger partial charge in [0.2, 0.25) is 5.91 Å². The number of ether oxygens (including phenoxy) is 1. The summed E-state index contributed by atoms with van der Waals surface area (Å²) in [5, 5.41) is 5.23. The van der Waals surface area contributed by atoms with Crippen LogP contribution in [-0.2, 0) is 25.3 Å².